The Balaban J connectivity index is 2.61. The number of ether oxygens (including phenoxy) is 2. The summed E-state index contributed by atoms with van der Waals surface area (Å²) in [5.74, 6) is -2.30. The van der Waals surface area contributed by atoms with Gasteiger partial charge in [-0.15, -0.1) is 0 Å². The molecule has 0 aliphatic heterocycles. The summed E-state index contributed by atoms with van der Waals surface area (Å²) in [4.78, 5) is 21.9. The maximum absolute atomic E-state index is 14.9. The van der Waals surface area contributed by atoms with E-state index in [1.54, 1.807) is 0 Å². The van der Waals surface area contributed by atoms with Crippen LogP contribution in [0.25, 0.3) is 0 Å². The van der Waals surface area contributed by atoms with E-state index in [1.165, 1.54) is 31.2 Å². The van der Waals surface area contributed by atoms with Gasteiger partial charge in [-0.1, -0.05) is 28.1 Å². The number of carbonyl (C=O) groups excluding carboxylic acids is 1. The smallest absolute Gasteiger partial charge is 0.343 e. The number of alkyl halides is 2. The predicted octanol–water partition coefficient (Wildman–Crippen LogP) is 3.95. The van der Waals surface area contributed by atoms with Crippen molar-refractivity contribution in [2.75, 3.05) is 26.6 Å². The number of sulfonamides is 1. The van der Waals surface area contributed by atoms with Gasteiger partial charge in [0.2, 0.25) is 15.6 Å². The number of esters is 1. The number of nitrogens with zero attached hydrogens (tertiary/aromatic N) is 1. The van der Waals surface area contributed by atoms with Crippen LogP contribution in [0.3, 0.4) is 0 Å². The average molecular weight is 583 g/mol. The molecule has 0 aliphatic carbocycles. The van der Waals surface area contributed by atoms with Crippen LogP contribution in [0.2, 0.25) is 0 Å². The molecule has 2 rings (SSSR count). The molecule has 0 aromatic heterocycles. The largest absolute Gasteiger partial charge is 0.464 e. The molecule has 0 saturated carbocycles. The van der Waals surface area contributed by atoms with E-state index in [9.17, 15) is 36.5 Å². The third kappa shape index (κ3) is 6.37. The molecule has 35 heavy (non-hydrogen) atoms. The topological polar surface area (TPSA) is 125 Å². The van der Waals surface area contributed by atoms with E-state index in [4.69, 9.17) is 4.74 Å². The van der Waals surface area contributed by atoms with E-state index in [1.807, 2.05) is 0 Å². The lowest BCUT2D eigenvalue weighted by Crippen LogP contribution is -2.54. The van der Waals surface area contributed by atoms with Crippen LogP contribution in [0.1, 0.15) is 19.4 Å². The standard InChI is InChI=1S/C21H22BrF3N2O7S/c1-3-33-19(28)21(11-23,12-24)34-13-20(2,15-10-14(22)8-9-16(15)25)26-35(31,32)18-7-5-4-6-17(18)27(29)30/h4-10,26H,3,11-13H2,1-2H3. The van der Waals surface area contributed by atoms with E-state index in [2.05, 4.69) is 25.4 Å². The van der Waals surface area contributed by atoms with Crippen molar-refractivity contribution >= 4 is 37.6 Å². The summed E-state index contributed by atoms with van der Waals surface area (Å²) in [6, 6.07) is 7.93. The van der Waals surface area contributed by atoms with E-state index in [-0.39, 0.29) is 12.2 Å². The lowest BCUT2D eigenvalue weighted by atomic mass is 9.93. The first-order valence-electron chi connectivity index (χ1n) is 10.0. The Hall–Kier alpha value is -2.55. The second kappa shape index (κ2) is 11.5. The maximum atomic E-state index is 14.9. The number of nitro benzene ring substituents is 1. The van der Waals surface area contributed by atoms with Gasteiger partial charge in [0.15, 0.2) is 4.90 Å². The van der Waals surface area contributed by atoms with Crippen LogP contribution >= 0.6 is 15.9 Å². The monoisotopic (exact) mass is 582 g/mol. The summed E-state index contributed by atoms with van der Waals surface area (Å²) in [5, 5.41) is 11.4. The summed E-state index contributed by atoms with van der Waals surface area (Å²) in [6.07, 6.45) is 0. The molecule has 2 aromatic carbocycles. The molecule has 0 heterocycles. The van der Waals surface area contributed by atoms with Crippen LogP contribution in [0.5, 0.6) is 0 Å². The van der Waals surface area contributed by atoms with E-state index in [0.29, 0.717) is 4.47 Å². The zero-order chi connectivity index (χ0) is 26.4. The van der Waals surface area contributed by atoms with Gasteiger partial charge in [-0.3, -0.25) is 10.1 Å². The Labute approximate surface area is 207 Å². The fourth-order valence-corrected chi connectivity index (χ4v) is 5.00. The number of benzene rings is 2. The van der Waals surface area contributed by atoms with Crippen LogP contribution in [0.15, 0.2) is 51.8 Å². The normalized spacial score (nSPS) is 13.8. The van der Waals surface area contributed by atoms with Gasteiger partial charge in [-0.25, -0.2) is 26.4 Å². The molecule has 2 aromatic rings. The summed E-state index contributed by atoms with van der Waals surface area (Å²) >= 11 is 3.14. The number of carbonyl (C=O) groups is 1. The summed E-state index contributed by atoms with van der Waals surface area (Å²) in [5.41, 5.74) is -5.92. The molecule has 14 heteroatoms. The molecule has 0 bridgehead atoms. The molecule has 0 radical (unpaired) electrons. The molecule has 0 fully saturated rings. The second-order valence-electron chi connectivity index (χ2n) is 7.56. The van der Waals surface area contributed by atoms with Crippen LogP contribution < -0.4 is 4.72 Å². The molecule has 1 N–H and O–H groups in total. The van der Waals surface area contributed by atoms with Gasteiger partial charge in [-0.2, -0.15) is 4.72 Å². The summed E-state index contributed by atoms with van der Waals surface area (Å²) < 4.78 is 81.2. The summed E-state index contributed by atoms with van der Waals surface area (Å²) in [6.45, 7) is -1.94. The molecular formula is C21H22BrF3N2O7S. The van der Waals surface area contributed by atoms with Gasteiger partial charge in [0, 0.05) is 16.1 Å². The molecule has 0 aliphatic rings. The van der Waals surface area contributed by atoms with Gasteiger partial charge in [0.1, 0.15) is 19.2 Å². The molecule has 0 spiro atoms. The van der Waals surface area contributed by atoms with E-state index < -0.39 is 68.4 Å². The highest BCUT2D eigenvalue weighted by Crippen LogP contribution is 2.33. The third-order valence-electron chi connectivity index (χ3n) is 4.95. The molecule has 0 amide bonds. The van der Waals surface area contributed by atoms with E-state index in [0.717, 1.165) is 25.1 Å². The highest BCUT2D eigenvalue weighted by atomic mass is 79.9. The fourth-order valence-electron chi connectivity index (χ4n) is 3.10. The van der Waals surface area contributed by atoms with Crippen molar-refractivity contribution in [3.63, 3.8) is 0 Å². The Morgan fingerprint density at radius 1 is 1.20 bits per heavy atom. The Morgan fingerprint density at radius 2 is 1.83 bits per heavy atom. The number of hydrogen-bond acceptors (Lipinski definition) is 7. The number of hydrogen-bond donors (Lipinski definition) is 1. The number of para-hydroxylation sites is 1. The van der Waals surface area contributed by atoms with Crippen LogP contribution in [-0.4, -0.2) is 51.5 Å². The molecule has 1 atom stereocenters. The predicted molar refractivity (Wildman–Crippen MR) is 122 cm³/mol. The van der Waals surface area contributed by atoms with Crippen molar-refractivity contribution in [2.24, 2.45) is 0 Å². The van der Waals surface area contributed by atoms with Crippen molar-refractivity contribution in [3.05, 3.63) is 68.4 Å². The molecule has 1 unspecified atom stereocenters. The molecular weight excluding hydrogens is 561 g/mol. The zero-order valence-electron chi connectivity index (χ0n) is 18.6. The van der Waals surface area contributed by atoms with Gasteiger partial charge >= 0.3 is 5.97 Å². The first kappa shape index (κ1) is 28.7. The number of nitro groups is 1. The van der Waals surface area contributed by atoms with Gasteiger partial charge in [0.05, 0.1) is 23.7 Å². The molecule has 192 valence electrons. The highest BCUT2D eigenvalue weighted by molar-refractivity contribution is 9.10. The van der Waals surface area contributed by atoms with Crippen molar-refractivity contribution in [1.29, 1.82) is 0 Å². The Kier molecular flexibility index (Phi) is 9.39. The number of rotatable bonds is 12. The van der Waals surface area contributed by atoms with Crippen molar-refractivity contribution in [2.45, 2.75) is 29.9 Å². The van der Waals surface area contributed by atoms with Gasteiger partial charge in [0.25, 0.3) is 5.69 Å². The average Bonchev–Trinajstić information content (AvgIpc) is 2.81. The lowest BCUT2D eigenvalue weighted by Gasteiger charge is -2.35. The second-order valence-corrected chi connectivity index (χ2v) is 10.1. The third-order valence-corrected chi connectivity index (χ3v) is 7.09. The first-order chi connectivity index (χ1) is 16.4. The zero-order valence-corrected chi connectivity index (χ0v) is 21.0. The van der Waals surface area contributed by atoms with Crippen LogP contribution in [0, 0.1) is 15.9 Å². The molecule has 0 saturated heterocycles. The SMILES string of the molecule is CCOC(=O)C(CF)(CF)OCC(C)(NS(=O)(=O)c1ccccc1[N+](=O)[O-])c1cc(Br)ccc1F. The van der Waals surface area contributed by atoms with Crippen molar-refractivity contribution < 1.29 is 40.8 Å². The molecule has 9 nitrogen and oxygen atoms in total. The first-order valence-corrected chi connectivity index (χ1v) is 12.3. The minimum Gasteiger partial charge on any atom is -0.464 e. The number of halogens is 4. The van der Waals surface area contributed by atoms with Crippen molar-refractivity contribution in [1.82, 2.24) is 4.72 Å². The Morgan fingerprint density at radius 3 is 2.40 bits per heavy atom. The van der Waals surface area contributed by atoms with Crippen LogP contribution in [-0.2, 0) is 29.8 Å². The highest BCUT2D eigenvalue weighted by Gasteiger charge is 2.46. The van der Waals surface area contributed by atoms with Gasteiger partial charge < -0.3 is 9.47 Å². The van der Waals surface area contributed by atoms with Crippen molar-refractivity contribution in [3.8, 4) is 0 Å². The lowest BCUT2D eigenvalue weighted by molar-refractivity contribution is -0.387. The van der Waals surface area contributed by atoms with Crippen LogP contribution in [0.4, 0.5) is 18.9 Å². The Bertz CT molecular complexity index is 1200. The van der Waals surface area contributed by atoms with E-state index >= 15 is 0 Å². The quantitative estimate of drug-likeness (QED) is 0.228. The number of nitrogens with one attached hydrogen (secondary N) is 1. The van der Waals surface area contributed by atoms with Gasteiger partial charge in [-0.05, 0) is 38.1 Å². The summed E-state index contributed by atoms with van der Waals surface area (Å²) in [7, 11) is -4.74. The fraction of sp³-hybridized carbons (Fsp3) is 0.381. The minimum absolute atomic E-state index is 0.216. The minimum atomic E-state index is -4.74. The maximum Gasteiger partial charge on any atom is 0.343 e.